The Morgan fingerprint density at radius 2 is 2.21 bits per heavy atom. The van der Waals surface area contributed by atoms with Crippen molar-refractivity contribution in [1.82, 2.24) is 19.4 Å². The number of fused-ring (bicyclic) bond motifs is 1. The average molecular weight is 324 g/mol. The summed E-state index contributed by atoms with van der Waals surface area (Å²) >= 11 is 0. The predicted molar refractivity (Wildman–Crippen MR) is 92.2 cm³/mol. The molecule has 0 amide bonds. The van der Waals surface area contributed by atoms with Crippen molar-refractivity contribution in [2.75, 3.05) is 13.1 Å². The molecule has 5 heteroatoms. The Balaban J connectivity index is 1.56. The molecule has 124 valence electrons. The number of rotatable bonds is 3. The molecule has 1 aliphatic rings. The normalized spacial score (nSPS) is 19.0. The van der Waals surface area contributed by atoms with Crippen LogP contribution >= 0.6 is 0 Å². The maximum Gasteiger partial charge on any atom is 0.123 e. The third kappa shape index (κ3) is 2.91. The van der Waals surface area contributed by atoms with E-state index < -0.39 is 0 Å². The fraction of sp³-hybridized carbons (Fsp3) is 0.368. The third-order valence-electron chi connectivity index (χ3n) is 4.96. The van der Waals surface area contributed by atoms with Gasteiger partial charge in [-0.2, -0.15) is 0 Å². The van der Waals surface area contributed by atoms with Crippen molar-refractivity contribution in [1.29, 1.82) is 0 Å². The zero-order valence-corrected chi connectivity index (χ0v) is 13.8. The summed E-state index contributed by atoms with van der Waals surface area (Å²) in [5.74, 6) is 0.279. The Hall–Kier alpha value is -2.27. The topological polar surface area (TPSA) is 34.0 Å². The number of aryl methyl sites for hydroxylation is 1. The lowest BCUT2D eigenvalue weighted by atomic mass is 9.94. The van der Waals surface area contributed by atoms with Crippen molar-refractivity contribution < 1.29 is 4.39 Å². The number of likely N-dealkylation sites (tertiary alicyclic amines) is 1. The lowest BCUT2D eigenvalue weighted by molar-refractivity contribution is 0.199. The Kier molecular flexibility index (Phi) is 4.02. The molecule has 1 aliphatic heterocycles. The Labute approximate surface area is 141 Å². The number of halogens is 1. The van der Waals surface area contributed by atoms with Crippen LogP contribution in [0, 0.1) is 5.82 Å². The van der Waals surface area contributed by atoms with Crippen molar-refractivity contribution in [3.8, 4) is 0 Å². The highest BCUT2D eigenvalue weighted by molar-refractivity contribution is 5.84. The SMILES string of the molecule is Cn1cc(CN2CCC[C@H](c3ccncn3)C2)c2cc(F)ccc21. The molecule has 4 nitrogen and oxygen atoms in total. The van der Waals surface area contributed by atoms with E-state index in [1.807, 2.05) is 25.4 Å². The van der Waals surface area contributed by atoms with Crippen LogP contribution in [-0.2, 0) is 13.6 Å². The maximum atomic E-state index is 13.7. The van der Waals surface area contributed by atoms with Gasteiger partial charge in [-0.15, -0.1) is 0 Å². The first-order chi connectivity index (χ1) is 11.7. The monoisotopic (exact) mass is 324 g/mol. The number of aromatic nitrogens is 3. The molecule has 1 aromatic carbocycles. The molecule has 2 aromatic heterocycles. The molecule has 24 heavy (non-hydrogen) atoms. The van der Waals surface area contributed by atoms with Gasteiger partial charge in [0.2, 0.25) is 0 Å². The van der Waals surface area contributed by atoms with E-state index in [1.54, 1.807) is 12.4 Å². The van der Waals surface area contributed by atoms with Gasteiger partial charge in [0.15, 0.2) is 0 Å². The highest BCUT2D eigenvalue weighted by atomic mass is 19.1. The van der Waals surface area contributed by atoms with Gasteiger partial charge < -0.3 is 4.57 Å². The molecule has 0 unspecified atom stereocenters. The molecule has 0 saturated carbocycles. The van der Waals surface area contributed by atoms with Crippen molar-refractivity contribution in [3.05, 3.63) is 60.1 Å². The average Bonchev–Trinajstić information content (AvgIpc) is 2.91. The van der Waals surface area contributed by atoms with Crippen LogP contribution in [0.4, 0.5) is 4.39 Å². The lowest BCUT2D eigenvalue weighted by Crippen LogP contribution is -2.34. The molecule has 1 saturated heterocycles. The molecule has 0 N–H and O–H groups in total. The van der Waals surface area contributed by atoms with Gasteiger partial charge in [0.25, 0.3) is 0 Å². The Morgan fingerprint density at radius 3 is 3.04 bits per heavy atom. The highest BCUT2D eigenvalue weighted by Crippen LogP contribution is 2.28. The van der Waals surface area contributed by atoms with Crippen LogP contribution in [0.3, 0.4) is 0 Å². The molecule has 0 spiro atoms. The smallest absolute Gasteiger partial charge is 0.123 e. The second-order valence-electron chi connectivity index (χ2n) is 6.64. The standard InChI is InChI=1S/C19H21FN4/c1-23-10-15(17-9-16(20)4-5-19(17)23)12-24-8-2-3-14(11-24)18-6-7-21-13-22-18/h4-7,9-10,13-14H,2-3,8,11-12H2,1H3/t14-/m0/s1. The number of nitrogens with zero attached hydrogens (tertiary/aromatic N) is 4. The first-order valence-electron chi connectivity index (χ1n) is 8.42. The zero-order chi connectivity index (χ0) is 16.5. The van der Waals surface area contributed by atoms with Gasteiger partial charge >= 0.3 is 0 Å². The molecule has 4 rings (SSSR count). The summed E-state index contributed by atoms with van der Waals surface area (Å²) in [4.78, 5) is 10.9. The minimum Gasteiger partial charge on any atom is -0.350 e. The summed E-state index contributed by atoms with van der Waals surface area (Å²) in [6.07, 6.45) is 7.89. The molecule has 3 heterocycles. The molecule has 0 bridgehead atoms. The number of benzene rings is 1. The summed E-state index contributed by atoms with van der Waals surface area (Å²) in [6.45, 7) is 2.92. The van der Waals surface area contributed by atoms with Crippen LogP contribution in [-0.4, -0.2) is 32.5 Å². The van der Waals surface area contributed by atoms with Crippen LogP contribution in [0.2, 0.25) is 0 Å². The maximum absolute atomic E-state index is 13.7. The first kappa shape index (κ1) is 15.3. The quantitative estimate of drug-likeness (QED) is 0.739. The van der Waals surface area contributed by atoms with Crippen molar-refractivity contribution in [2.24, 2.45) is 7.05 Å². The Morgan fingerprint density at radius 1 is 1.29 bits per heavy atom. The van der Waals surface area contributed by atoms with E-state index >= 15 is 0 Å². The van der Waals surface area contributed by atoms with Gasteiger partial charge in [-0.25, -0.2) is 14.4 Å². The van der Waals surface area contributed by atoms with Crippen LogP contribution in [0.1, 0.15) is 30.0 Å². The first-order valence-corrected chi connectivity index (χ1v) is 8.42. The Bertz CT molecular complexity index is 843. The summed E-state index contributed by atoms with van der Waals surface area (Å²) in [7, 11) is 2.02. The fourth-order valence-corrected chi connectivity index (χ4v) is 3.80. The summed E-state index contributed by atoms with van der Waals surface area (Å²) in [5.41, 5.74) is 3.39. The molecule has 3 aromatic rings. The fourth-order valence-electron chi connectivity index (χ4n) is 3.80. The van der Waals surface area contributed by atoms with E-state index in [0.29, 0.717) is 5.92 Å². The van der Waals surface area contributed by atoms with Gasteiger partial charge in [0.1, 0.15) is 12.1 Å². The molecular formula is C19H21FN4. The highest BCUT2D eigenvalue weighted by Gasteiger charge is 2.23. The van der Waals surface area contributed by atoms with Crippen molar-refractivity contribution in [3.63, 3.8) is 0 Å². The van der Waals surface area contributed by atoms with Crippen molar-refractivity contribution in [2.45, 2.75) is 25.3 Å². The second-order valence-corrected chi connectivity index (χ2v) is 6.64. The minimum atomic E-state index is -0.174. The van der Waals surface area contributed by atoms with Gasteiger partial charge in [-0.05, 0) is 49.2 Å². The van der Waals surface area contributed by atoms with E-state index in [0.717, 1.165) is 49.1 Å². The van der Waals surface area contributed by atoms with E-state index in [4.69, 9.17) is 0 Å². The van der Waals surface area contributed by atoms with Gasteiger partial charge in [0.05, 0.1) is 0 Å². The molecule has 0 aliphatic carbocycles. The molecule has 0 radical (unpaired) electrons. The minimum absolute atomic E-state index is 0.174. The van der Waals surface area contributed by atoms with Crippen molar-refractivity contribution >= 4 is 10.9 Å². The molecule has 1 fully saturated rings. The van der Waals surface area contributed by atoms with Crippen LogP contribution in [0.5, 0.6) is 0 Å². The summed E-state index contributed by atoms with van der Waals surface area (Å²) in [6, 6.07) is 7.05. The largest absolute Gasteiger partial charge is 0.350 e. The van der Waals surface area contributed by atoms with Gasteiger partial charge in [-0.3, -0.25) is 4.90 Å². The van der Waals surface area contributed by atoms with E-state index in [1.165, 1.54) is 11.6 Å². The summed E-state index contributed by atoms with van der Waals surface area (Å²) < 4.78 is 15.7. The third-order valence-corrected chi connectivity index (χ3v) is 4.96. The van der Waals surface area contributed by atoms with Crippen LogP contribution < -0.4 is 0 Å². The molecule has 1 atom stereocenters. The van der Waals surface area contributed by atoms with E-state index in [-0.39, 0.29) is 5.82 Å². The second kappa shape index (κ2) is 6.32. The van der Waals surface area contributed by atoms with E-state index in [2.05, 4.69) is 25.6 Å². The predicted octanol–water partition coefficient (Wildman–Crippen LogP) is 3.49. The molecular weight excluding hydrogens is 303 g/mol. The van der Waals surface area contributed by atoms with Gasteiger partial charge in [-0.1, -0.05) is 0 Å². The number of hydrogen-bond acceptors (Lipinski definition) is 3. The number of piperidine rings is 1. The number of hydrogen-bond donors (Lipinski definition) is 0. The lowest BCUT2D eigenvalue weighted by Gasteiger charge is -2.32. The van der Waals surface area contributed by atoms with Gasteiger partial charge in [0, 0.05) is 55.0 Å². The zero-order valence-electron chi connectivity index (χ0n) is 13.8. The van der Waals surface area contributed by atoms with Crippen LogP contribution in [0.15, 0.2) is 43.0 Å². The summed E-state index contributed by atoms with van der Waals surface area (Å²) in [5, 5.41) is 1.02. The van der Waals surface area contributed by atoms with Crippen LogP contribution in [0.25, 0.3) is 10.9 Å². The van der Waals surface area contributed by atoms with E-state index in [9.17, 15) is 4.39 Å².